The van der Waals surface area contributed by atoms with E-state index in [2.05, 4.69) is 28.1 Å². The van der Waals surface area contributed by atoms with Gasteiger partial charge in [-0.1, -0.05) is 24.3 Å². The molecule has 1 aromatic carbocycles. The number of likely N-dealkylation sites (tertiary alicyclic amines) is 1. The molecule has 2 aromatic rings. The molecular weight excluding hydrogens is 362 g/mol. The van der Waals surface area contributed by atoms with E-state index in [9.17, 15) is 4.79 Å². The van der Waals surface area contributed by atoms with Crippen LogP contribution in [-0.4, -0.2) is 47.4 Å². The van der Waals surface area contributed by atoms with E-state index in [0.29, 0.717) is 12.6 Å². The highest BCUT2D eigenvalue weighted by molar-refractivity contribution is 5.87. The molecule has 1 aromatic heterocycles. The number of hydrogen-bond donors (Lipinski definition) is 0. The van der Waals surface area contributed by atoms with Crippen LogP contribution in [0.1, 0.15) is 49.8 Å². The van der Waals surface area contributed by atoms with Crippen LogP contribution in [0, 0.1) is 0 Å². The number of ether oxygens (including phenoxy) is 1. The summed E-state index contributed by atoms with van der Waals surface area (Å²) in [4.78, 5) is 22.1. The van der Waals surface area contributed by atoms with Gasteiger partial charge in [0.2, 0.25) is 5.91 Å². The summed E-state index contributed by atoms with van der Waals surface area (Å²) in [6, 6.07) is 14.2. The molecule has 1 unspecified atom stereocenters. The van der Waals surface area contributed by atoms with Gasteiger partial charge in [-0.2, -0.15) is 0 Å². The SMILES string of the molecule is CN(C)C(=O)C1(c2ccccn2)CCCN1Cc1ccccc1OC1CCCC1. The second kappa shape index (κ2) is 8.54. The lowest BCUT2D eigenvalue weighted by Crippen LogP contribution is -2.52. The Morgan fingerprint density at radius 3 is 2.62 bits per heavy atom. The Morgan fingerprint density at radius 2 is 1.90 bits per heavy atom. The number of aromatic nitrogens is 1. The smallest absolute Gasteiger partial charge is 0.248 e. The molecule has 2 fully saturated rings. The van der Waals surface area contributed by atoms with E-state index in [1.54, 1.807) is 11.1 Å². The molecule has 1 saturated heterocycles. The van der Waals surface area contributed by atoms with Crippen LogP contribution in [0.15, 0.2) is 48.7 Å². The zero-order valence-electron chi connectivity index (χ0n) is 17.5. The van der Waals surface area contributed by atoms with Gasteiger partial charge in [0.1, 0.15) is 11.3 Å². The molecule has 29 heavy (non-hydrogen) atoms. The number of carbonyl (C=O) groups excluding carboxylic acids is 1. The molecule has 1 aliphatic carbocycles. The van der Waals surface area contributed by atoms with Crippen molar-refractivity contribution < 1.29 is 9.53 Å². The van der Waals surface area contributed by atoms with Gasteiger partial charge in [0, 0.05) is 32.4 Å². The zero-order valence-corrected chi connectivity index (χ0v) is 17.5. The van der Waals surface area contributed by atoms with Crippen LogP contribution in [0.25, 0.3) is 0 Å². The summed E-state index contributed by atoms with van der Waals surface area (Å²) in [5.74, 6) is 1.06. The lowest BCUT2D eigenvalue weighted by molar-refractivity contribution is -0.141. The molecule has 1 saturated carbocycles. The molecule has 1 aliphatic heterocycles. The first-order valence-electron chi connectivity index (χ1n) is 10.7. The van der Waals surface area contributed by atoms with E-state index >= 15 is 0 Å². The molecule has 5 heteroatoms. The number of carbonyl (C=O) groups is 1. The van der Waals surface area contributed by atoms with Gasteiger partial charge in [0.15, 0.2) is 0 Å². The fourth-order valence-electron chi connectivity index (χ4n) is 4.85. The van der Waals surface area contributed by atoms with Gasteiger partial charge in [-0.3, -0.25) is 14.7 Å². The fourth-order valence-corrected chi connectivity index (χ4v) is 4.85. The molecule has 0 spiro atoms. The first kappa shape index (κ1) is 19.9. The van der Waals surface area contributed by atoms with E-state index in [0.717, 1.165) is 49.2 Å². The second-order valence-electron chi connectivity index (χ2n) is 8.43. The van der Waals surface area contributed by atoms with Gasteiger partial charge in [-0.05, 0) is 63.3 Å². The van der Waals surface area contributed by atoms with Gasteiger partial charge in [-0.25, -0.2) is 0 Å². The van der Waals surface area contributed by atoms with Crippen LogP contribution in [0.3, 0.4) is 0 Å². The third-order valence-electron chi connectivity index (χ3n) is 6.28. The Kier molecular flexibility index (Phi) is 5.86. The topological polar surface area (TPSA) is 45.7 Å². The summed E-state index contributed by atoms with van der Waals surface area (Å²) in [5.41, 5.74) is 1.27. The molecule has 2 heterocycles. The highest BCUT2D eigenvalue weighted by Crippen LogP contribution is 2.41. The Balaban J connectivity index is 1.66. The highest BCUT2D eigenvalue weighted by Gasteiger charge is 2.50. The largest absolute Gasteiger partial charge is 0.490 e. The number of pyridine rings is 1. The molecule has 5 nitrogen and oxygen atoms in total. The molecule has 154 valence electrons. The van der Waals surface area contributed by atoms with Crippen molar-refractivity contribution in [2.75, 3.05) is 20.6 Å². The van der Waals surface area contributed by atoms with Crippen molar-refractivity contribution in [3.8, 4) is 5.75 Å². The van der Waals surface area contributed by atoms with Gasteiger partial charge < -0.3 is 9.64 Å². The van der Waals surface area contributed by atoms with Crippen LogP contribution in [0.5, 0.6) is 5.75 Å². The summed E-state index contributed by atoms with van der Waals surface area (Å²) >= 11 is 0. The first-order valence-corrected chi connectivity index (χ1v) is 10.7. The quantitative estimate of drug-likeness (QED) is 0.745. The van der Waals surface area contributed by atoms with Crippen molar-refractivity contribution in [1.29, 1.82) is 0 Å². The van der Waals surface area contributed by atoms with Crippen LogP contribution in [-0.2, 0) is 16.9 Å². The number of likely N-dealkylation sites (N-methyl/N-ethyl adjacent to an activating group) is 1. The van der Waals surface area contributed by atoms with Gasteiger partial charge in [0.25, 0.3) is 0 Å². The third kappa shape index (κ3) is 3.88. The maximum absolute atomic E-state index is 13.4. The third-order valence-corrected chi connectivity index (χ3v) is 6.28. The summed E-state index contributed by atoms with van der Waals surface area (Å²) in [5, 5.41) is 0. The van der Waals surface area contributed by atoms with Crippen LogP contribution >= 0.6 is 0 Å². The number of benzene rings is 1. The number of para-hydroxylation sites is 1. The predicted molar refractivity (Wildman–Crippen MR) is 114 cm³/mol. The zero-order chi connectivity index (χ0) is 20.3. The molecule has 1 amide bonds. The van der Waals surface area contributed by atoms with Crippen LogP contribution < -0.4 is 4.74 Å². The van der Waals surface area contributed by atoms with Crippen molar-refractivity contribution in [3.63, 3.8) is 0 Å². The van der Waals surface area contributed by atoms with Crippen LogP contribution in [0.2, 0.25) is 0 Å². The Hall–Kier alpha value is -2.40. The summed E-state index contributed by atoms with van der Waals surface area (Å²) in [7, 11) is 3.67. The average molecular weight is 394 g/mol. The van der Waals surface area contributed by atoms with Crippen molar-refractivity contribution in [2.24, 2.45) is 0 Å². The van der Waals surface area contributed by atoms with E-state index < -0.39 is 5.54 Å². The molecule has 1 atom stereocenters. The lowest BCUT2D eigenvalue weighted by Gasteiger charge is -2.38. The average Bonchev–Trinajstić information content (AvgIpc) is 3.40. The van der Waals surface area contributed by atoms with Crippen LogP contribution in [0.4, 0.5) is 0 Å². The van der Waals surface area contributed by atoms with Gasteiger partial charge in [-0.15, -0.1) is 0 Å². The van der Waals surface area contributed by atoms with Crippen molar-refractivity contribution in [2.45, 2.75) is 56.7 Å². The molecule has 2 aliphatic rings. The minimum absolute atomic E-state index is 0.0999. The van der Waals surface area contributed by atoms with Gasteiger partial charge >= 0.3 is 0 Å². The molecular formula is C24H31N3O2. The van der Waals surface area contributed by atoms with Crippen molar-refractivity contribution >= 4 is 5.91 Å². The highest BCUT2D eigenvalue weighted by atomic mass is 16.5. The number of nitrogens with zero attached hydrogens (tertiary/aromatic N) is 3. The first-order chi connectivity index (χ1) is 14.1. The standard InChI is InChI=1S/C24H31N3O2/c1-26(2)23(28)24(22-14-7-8-16-25-22)15-9-17-27(24)18-19-10-3-6-13-21(19)29-20-11-4-5-12-20/h3,6-8,10,13-14,16,20H,4-5,9,11-12,15,17-18H2,1-2H3. The maximum Gasteiger partial charge on any atom is 0.248 e. The van der Waals surface area contributed by atoms with Crippen molar-refractivity contribution in [1.82, 2.24) is 14.8 Å². The summed E-state index contributed by atoms with van der Waals surface area (Å²) in [6.45, 7) is 1.55. The maximum atomic E-state index is 13.4. The van der Waals surface area contributed by atoms with E-state index in [1.807, 2.05) is 38.4 Å². The van der Waals surface area contributed by atoms with E-state index in [4.69, 9.17) is 4.74 Å². The Morgan fingerprint density at radius 1 is 1.14 bits per heavy atom. The second-order valence-corrected chi connectivity index (χ2v) is 8.43. The summed E-state index contributed by atoms with van der Waals surface area (Å²) < 4.78 is 6.36. The number of rotatable bonds is 6. The minimum atomic E-state index is -0.717. The predicted octanol–water partition coefficient (Wildman–Crippen LogP) is 3.98. The molecule has 4 rings (SSSR count). The van der Waals surface area contributed by atoms with E-state index in [1.165, 1.54) is 12.8 Å². The molecule has 0 radical (unpaired) electrons. The van der Waals surface area contributed by atoms with E-state index in [-0.39, 0.29) is 5.91 Å². The van der Waals surface area contributed by atoms with Gasteiger partial charge in [0.05, 0.1) is 11.8 Å². The number of hydrogen-bond acceptors (Lipinski definition) is 4. The monoisotopic (exact) mass is 393 g/mol. The lowest BCUT2D eigenvalue weighted by atomic mass is 9.89. The van der Waals surface area contributed by atoms with Crippen molar-refractivity contribution in [3.05, 3.63) is 59.9 Å². The number of amides is 1. The molecule has 0 N–H and O–H groups in total. The molecule has 0 bridgehead atoms. The normalized spacial score (nSPS) is 22.7. The summed E-state index contributed by atoms with van der Waals surface area (Å²) in [6.07, 6.45) is 8.63. The Bertz CT molecular complexity index is 833. The fraction of sp³-hybridized carbons (Fsp3) is 0.500. The minimum Gasteiger partial charge on any atom is -0.490 e. The Labute approximate surface area is 173 Å².